The molecule has 2 aliphatic rings. The zero-order chi connectivity index (χ0) is 18.8. The average Bonchev–Trinajstić information content (AvgIpc) is 2.89. The lowest BCUT2D eigenvalue weighted by atomic mass is 10.0. The first-order valence-corrected chi connectivity index (χ1v) is 9.16. The highest BCUT2D eigenvalue weighted by Gasteiger charge is 2.35. The molecule has 2 aliphatic heterocycles. The fourth-order valence-electron chi connectivity index (χ4n) is 3.35. The average molecular weight is 363 g/mol. The summed E-state index contributed by atoms with van der Waals surface area (Å²) in [6.45, 7) is 2.76. The van der Waals surface area contributed by atoms with E-state index in [2.05, 4.69) is 10.6 Å². The third kappa shape index (κ3) is 3.48. The number of amides is 3. The number of nitrogens with one attached hydrogen (secondary N) is 2. The van der Waals surface area contributed by atoms with Crippen molar-refractivity contribution in [1.82, 2.24) is 15.5 Å². The number of nitrogens with zero attached hydrogens (tertiary/aromatic N) is 1. The van der Waals surface area contributed by atoms with Crippen molar-refractivity contribution in [2.75, 3.05) is 26.2 Å². The van der Waals surface area contributed by atoms with Crippen LogP contribution in [0.3, 0.4) is 0 Å². The van der Waals surface area contributed by atoms with Gasteiger partial charge in [0.25, 0.3) is 17.7 Å². The highest BCUT2D eigenvalue weighted by molar-refractivity contribution is 6.22. The van der Waals surface area contributed by atoms with Gasteiger partial charge in [0, 0.05) is 37.7 Å². The van der Waals surface area contributed by atoms with Crippen LogP contribution in [0.4, 0.5) is 0 Å². The summed E-state index contributed by atoms with van der Waals surface area (Å²) in [5.41, 5.74) is 2.16. The fourth-order valence-corrected chi connectivity index (χ4v) is 3.35. The molecule has 2 N–H and O–H groups in total. The van der Waals surface area contributed by atoms with Crippen LogP contribution in [0.15, 0.2) is 48.5 Å². The van der Waals surface area contributed by atoms with Gasteiger partial charge in [-0.2, -0.15) is 0 Å². The third-order valence-corrected chi connectivity index (χ3v) is 5.12. The first-order valence-electron chi connectivity index (χ1n) is 9.16. The molecule has 2 aromatic carbocycles. The second-order valence-electron chi connectivity index (χ2n) is 6.99. The minimum absolute atomic E-state index is 0.215. The van der Waals surface area contributed by atoms with E-state index in [1.165, 1.54) is 11.0 Å². The molecule has 0 aliphatic carbocycles. The van der Waals surface area contributed by atoms with Gasteiger partial charge in [0.05, 0.1) is 11.1 Å². The van der Waals surface area contributed by atoms with Crippen molar-refractivity contribution in [3.05, 3.63) is 70.8 Å². The van der Waals surface area contributed by atoms with Crippen LogP contribution in [0.5, 0.6) is 0 Å². The summed E-state index contributed by atoms with van der Waals surface area (Å²) in [4.78, 5) is 38.8. The van der Waals surface area contributed by atoms with Crippen LogP contribution in [0.1, 0.15) is 36.6 Å². The summed E-state index contributed by atoms with van der Waals surface area (Å²) in [5, 5.41) is 6.05. The molecule has 0 radical (unpaired) electrons. The lowest BCUT2D eigenvalue weighted by molar-refractivity contribution is 0.0656. The van der Waals surface area contributed by atoms with E-state index in [1.54, 1.807) is 12.1 Å². The third-order valence-electron chi connectivity index (χ3n) is 5.12. The predicted octanol–water partition coefficient (Wildman–Crippen LogP) is 1.47. The van der Waals surface area contributed by atoms with Crippen molar-refractivity contribution in [3.63, 3.8) is 0 Å². The van der Waals surface area contributed by atoms with Gasteiger partial charge < -0.3 is 10.6 Å². The maximum Gasteiger partial charge on any atom is 0.261 e. The molecule has 0 aromatic heterocycles. The summed E-state index contributed by atoms with van der Waals surface area (Å²) in [6.07, 6.45) is 0.606. The van der Waals surface area contributed by atoms with E-state index >= 15 is 0 Å². The van der Waals surface area contributed by atoms with Crippen LogP contribution < -0.4 is 10.6 Å². The Morgan fingerprint density at radius 2 is 1.78 bits per heavy atom. The first kappa shape index (κ1) is 17.4. The van der Waals surface area contributed by atoms with Crippen molar-refractivity contribution in [3.8, 4) is 0 Å². The van der Waals surface area contributed by atoms with Gasteiger partial charge in [-0.05, 0) is 30.2 Å². The molecule has 138 valence electrons. The topological polar surface area (TPSA) is 78.5 Å². The number of rotatable bonds is 6. The fraction of sp³-hybridized carbons (Fsp3) is 0.286. The van der Waals surface area contributed by atoms with Crippen molar-refractivity contribution in [2.45, 2.75) is 6.42 Å². The van der Waals surface area contributed by atoms with Crippen molar-refractivity contribution < 1.29 is 14.4 Å². The maximum absolute atomic E-state index is 12.7. The van der Waals surface area contributed by atoms with E-state index in [4.69, 9.17) is 0 Å². The van der Waals surface area contributed by atoms with E-state index in [1.807, 2.05) is 30.3 Å². The Morgan fingerprint density at radius 1 is 1.04 bits per heavy atom. The van der Waals surface area contributed by atoms with Crippen molar-refractivity contribution in [2.24, 2.45) is 5.92 Å². The van der Waals surface area contributed by atoms with Crippen LogP contribution in [0.25, 0.3) is 0 Å². The predicted molar refractivity (Wildman–Crippen MR) is 101 cm³/mol. The van der Waals surface area contributed by atoms with Gasteiger partial charge in [0.2, 0.25) is 0 Å². The second kappa shape index (κ2) is 7.32. The minimum Gasteiger partial charge on any atom is -0.352 e. The Hall–Kier alpha value is -2.99. The highest BCUT2D eigenvalue weighted by atomic mass is 16.2. The Labute approximate surface area is 157 Å². The van der Waals surface area contributed by atoms with E-state index in [0.29, 0.717) is 42.1 Å². The van der Waals surface area contributed by atoms with Gasteiger partial charge in [-0.15, -0.1) is 0 Å². The van der Waals surface area contributed by atoms with E-state index in [9.17, 15) is 14.4 Å². The first-order chi connectivity index (χ1) is 13.1. The number of hydrogen-bond donors (Lipinski definition) is 2. The normalized spacial score (nSPS) is 16.2. The molecule has 6 heteroatoms. The summed E-state index contributed by atoms with van der Waals surface area (Å²) in [7, 11) is 0. The number of imide groups is 1. The number of carbonyl (C=O) groups is 3. The molecule has 0 bridgehead atoms. The summed E-state index contributed by atoms with van der Waals surface area (Å²) >= 11 is 0. The molecule has 6 nitrogen and oxygen atoms in total. The molecule has 0 atom stereocenters. The lowest BCUT2D eigenvalue weighted by Gasteiger charge is -2.27. The molecular formula is C21H21N3O3. The SMILES string of the molecule is O=C(NCC1CNC1)c1ccc2c(c1)C(=O)N(CCc1ccccc1)C2=O. The van der Waals surface area contributed by atoms with Crippen LogP contribution in [0.2, 0.25) is 0 Å². The zero-order valence-corrected chi connectivity index (χ0v) is 14.9. The molecule has 0 unspecified atom stereocenters. The molecule has 1 fully saturated rings. The molecule has 3 amide bonds. The number of hydrogen-bond acceptors (Lipinski definition) is 4. The largest absolute Gasteiger partial charge is 0.352 e. The Morgan fingerprint density at radius 3 is 2.48 bits per heavy atom. The van der Waals surface area contributed by atoms with Gasteiger partial charge in [0.15, 0.2) is 0 Å². The quantitative estimate of drug-likeness (QED) is 0.762. The molecule has 4 rings (SSSR count). The smallest absolute Gasteiger partial charge is 0.261 e. The van der Waals surface area contributed by atoms with Crippen molar-refractivity contribution >= 4 is 17.7 Å². The summed E-state index contributed by atoms with van der Waals surface area (Å²) < 4.78 is 0. The number of benzene rings is 2. The second-order valence-corrected chi connectivity index (χ2v) is 6.99. The summed E-state index contributed by atoms with van der Waals surface area (Å²) in [6, 6.07) is 14.5. The van der Waals surface area contributed by atoms with Crippen molar-refractivity contribution in [1.29, 1.82) is 0 Å². The molecule has 2 aromatic rings. The zero-order valence-electron chi connectivity index (χ0n) is 14.9. The number of carbonyl (C=O) groups excluding carboxylic acids is 3. The van der Waals surface area contributed by atoms with Gasteiger partial charge in [-0.1, -0.05) is 30.3 Å². The molecular weight excluding hydrogens is 342 g/mol. The van der Waals surface area contributed by atoms with Crippen LogP contribution in [0, 0.1) is 5.92 Å². The molecule has 27 heavy (non-hydrogen) atoms. The molecule has 2 heterocycles. The minimum atomic E-state index is -0.330. The summed E-state index contributed by atoms with van der Waals surface area (Å²) in [5.74, 6) is -0.380. The van der Waals surface area contributed by atoms with Gasteiger partial charge in [-0.25, -0.2) is 0 Å². The van der Waals surface area contributed by atoms with Crippen LogP contribution in [-0.4, -0.2) is 48.8 Å². The highest BCUT2D eigenvalue weighted by Crippen LogP contribution is 2.24. The molecule has 1 saturated heterocycles. The molecule has 0 saturated carbocycles. The Balaban J connectivity index is 1.45. The van der Waals surface area contributed by atoms with Crippen LogP contribution in [-0.2, 0) is 6.42 Å². The van der Waals surface area contributed by atoms with Gasteiger partial charge >= 0.3 is 0 Å². The lowest BCUT2D eigenvalue weighted by Crippen LogP contribution is -2.48. The van der Waals surface area contributed by atoms with Crippen LogP contribution >= 0.6 is 0 Å². The molecule has 0 spiro atoms. The Bertz CT molecular complexity index is 891. The number of fused-ring (bicyclic) bond motifs is 1. The standard InChI is InChI=1S/C21H21N3O3/c25-19(23-13-15-11-22-12-15)16-6-7-17-18(10-16)21(27)24(20(17)26)9-8-14-4-2-1-3-5-14/h1-7,10,15,22H,8-9,11-13H2,(H,23,25). The Kier molecular flexibility index (Phi) is 4.73. The van der Waals surface area contributed by atoms with Gasteiger partial charge in [-0.3, -0.25) is 19.3 Å². The van der Waals surface area contributed by atoms with E-state index in [0.717, 1.165) is 18.7 Å². The van der Waals surface area contributed by atoms with Gasteiger partial charge in [0.1, 0.15) is 0 Å². The monoisotopic (exact) mass is 363 g/mol. The maximum atomic E-state index is 12.7. The van der Waals surface area contributed by atoms with E-state index in [-0.39, 0.29) is 17.7 Å². The van der Waals surface area contributed by atoms with E-state index < -0.39 is 0 Å².